The van der Waals surface area contributed by atoms with Gasteiger partial charge < -0.3 is 10.0 Å². The Labute approximate surface area is 117 Å². The zero-order valence-electron chi connectivity index (χ0n) is 10.9. The minimum Gasteiger partial charge on any atom is -0.423 e. The molecule has 1 aliphatic rings. The Morgan fingerprint density at radius 1 is 0.750 bits per heavy atom. The fourth-order valence-electron chi connectivity index (χ4n) is 3.25. The Kier molecular flexibility index (Phi) is 2.46. The fraction of sp³-hybridized carbons (Fsp3) is 0.0588. The zero-order valence-corrected chi connectivity index (χ0v) is 10.9. The van der Waals surface area contributed by atoms with Gasteiger partial charge in [-0.1, -0.05) is 54.6 Å². The summed E-state index contributed by atoms with van der Waals surface area (Å²) in [6, 6.07) is 18.3. The van der Waals surface area contributed by atoms with E-state index in [9.17, 15) is 10.0 Å². The van der Waals surface area contributed by atoms with Crippen molar-refractivity contribution < 1.29 is 10.0 Å². The molecule has 2 nitrogen and oxygen atoms in total. The maximum atomic E-state index is 9.64. The van der Waals surface area contributed by atoms with Crippen LogP contribution in [-0.4, -0.2) is 17.2 Å². The summed E-state index contributed by atoms with van der Waals surface area (Å²) in [5.74, 6) is 0. The van der Waals surface area contributed by atoms with E-state index in [1.807, 2.05) is 18.2 Å². The first-order valence-electron chi connectivity index (χ1n) is 6.74. The van der Waals surface area contributed by atoms with Gasteiger partial charge in [0.05, 0.1) is 0 Å². The second kappa shape index (κ2) is 4.20. The van der Waals surface area contributed by atoms with Crippen molar-refractivity contribution in [1.82, 2.24) is 0 Å². The molecule has 0 heterocycles. The second-order valence-electron chi connectivity index (χ2n) is 5.25. The van der Waals surface area contributed by atoms with Crippen molar-refractivity contribution in [3.8, 4) is 11.1 Å². The van der Waals surface area contributed by atoms with Gasteiger partial charge in [-0.25, -0.2) is 0 Å². The van der Waals surface area contributed by atoms with Gasteiger partial charge in [0.1, 0.15) is 0 Å². The zero-order chi connectivity index (χ0) is 13.7. The van der Waals surface area contributed by atoms with E-state index in [0.29, 0.717) is 5.46 Å². The van der Waals surface area contributed by atoms with Crippen molar-refractivity contribution in [3.63, 3.8) is 0 Å². The van der Waals surface area contributed by atoms with Gasteiger partial charge in [0, 0.05) is 0 Å². The third-order valence-electron chi connectivity index (χ3n) is 4.11. The van der Waals surface area contributed by atoms with Gasteiger partial charge in [0.25, 0.3) is 0 Å². The maximum absolute atomic E-state index is 9.64. The molecule has 3 aromatic rings. The van der Waals surface area contributed by atoms with Crippen LogP contribution >= 0.6 is 0 Å². The summed E-state index contributed by atoms with van der Waals surface area (Å²) in [5, 5.41) is 21.6. The van der Waals surface area contributed by atoms with Crippen LogP contribution in [0.5, 0.6) is 0 Å². The van der Waals surface area contributed by atoms with Crippen LogP contribution in [0, 0.1) is 0 Å². The molecule has 0 fully saturated rings. The quantitative estimate of drug-likeness (QED) is 0.514. The molecule has 96 valence electrons. The predicted octanol–water partition coefficient (Wildman–Crippen LogP) is 2.09. The minimum atomic E-state index is -1.44. The van der Waals surface area contributed by atoms with E-state index in [0.717, 1.165) is 17.5 Å². The van der Waals surface area contributed by atoms with Gasteiger partial charge in [-0.15, -0.1) is 0 Å². The lowest BCUT2D eigenvalue weighted by atomic mass is 9.74. The van der Waals surface area contributed by atoms with E-state index in [2.05, 4.69) is 30.3 Å². The summed E-state index contributed by atoms with van der Waals surface area (Å²) in [5.41, 5.74) is 5.17. The summed E-state index contributed by atoms with van der Waals surface area (Å²) in [4.78, 5) is 0. The molecule has 0 radical (unpaired) electrons. The van der Waals surface area contributed by atoms with Crippen molar-refractivity contribution in [2.45, 2.75) is 6.42 Å². The highest BCUT2D eigenvalue weighted by Crippen LogP contribution is 2.40. The summed E-state index contributed by atoms with van der Waals surface area (Å²) >= 11 is 0. The summed E-state index contributed by atoms with van der Waals surface area (Å²) < 4.78 is 0. The molecule has 0 saturated carbocycles. The average molecular weight is 260 g/mol. The third-order valence-corrected chi connectivity index (χ3v) is 4.11. The van der Waals surface area contributed by atoms with Gasteiger partial charge >= 0.3 is 7.12 Å². The number of rotatable bonds is 1. The van der Waals surface area contributed by atoms with E-state index in [1.165, 1.54) is 21.9 Å². The van der Waals surface area contributed by atoms with E-state index in [4.69, 9.17) is 0 Å². The van der Waals surface area contributed by atoms with Gasteiger partial charge in [0.15, 0.2) is 0 Å². The molecule has 20 heavy (non-hydrogen) atoms. The first-order chi connectivity index (χ1) is 9.75. The first kappa shape index (κ1) is 11.7. The molecule has 0 amide bonds. The Morgan fingerprint density at radius 3 is 2.40 bits per heavy atom. The molecule has 0 atom stereocenters. The monoisotopic (exact) mass is 260 g/mol. The number of hydrogen-bond acceptors (Lipinski definition) is 2. The Hall–Kier alpha value is -2.10. The molecule has 0 saturated heterocycles. The molecule has 3 heteroatoms. The highest BCUT2D eigenvalue weighted by molar-refractivity contribution is 6.60. The molecule has 3 aromatic carbocycles. The van der Waals surface area contributed by atoms with Crippen LogP contribution in [0.3, 0.4) is 0 Å². The van der Waals surface area contributed by atoms with Gasteiger partial charge in [-0.3, -0.25) is 0 Å². The highest BCUT2D eigenvalue weighted by atomic mass is 16.4. The number of hydrogen-bond donors (Lipinski definition) is 2. The maximum Gasteiger partial charge on any atom is 0.489 e. The number of fused-ring (bicyclic) bond motifs is 5. The van der Waals surface area contributed by atoms with Crippen molar-refractivity contribution in [1.29, 1.82) is 0 Å². The fourth-order valence-corrected chi connectivity index (χ4v) is 3.25. The van der Waals surface area contributed by atoms with Gasteiger partial charge in [0.2, 0.25) is 0 Å². The van der Waals surface area contributed by atoms with Gasteiger partial charge in [-0.05, 0) is 44.9 Å². The smallest absolute Gasteiger partial charge is 0.423 e. The van der Waals surface area contributed by atoms with Crippen molar-refractivity contribution in [2.75, 3.05) is 0 Å². The molecule has 1 aliphatic carbocycles. The van der Waals surface area contributed by atoms with E-state index >= 15 is 0 Å². The van der Waals surface area contributed by atoms with E-state index < -0.39 is 7.12 Å². The van der Waals surface area contributed by atoms with Crippen molar-refractivity contribution in [2.24, 2.45) is 0 Å². The van der Waals surface area contributed by atoms with Crippen LogP contribution < -0.4 is 5.46 Å². The molecule has 0 aromatic heterocycles. The average Bonchev–Trinajstić information content (AvgIpc) is 2.85. The number of benzene rings is 3. The van der Waals surface area contributed by atoms with E-state index in [-0.39, 0.29) is 0 Å². The van der Waals surface area contributed by atoms with E-state index in [1.54, 1.807) is 6.07 Å². The van der Waals surface area contributed by atoms with Crippen molar-refractivity contribution in [3.05, 3.63) is 65.7 Å². The minimum absolute atomic E-state index is 0.595. The first-order valence-corrected chi connectivity index (χ1v) is 6.74. The molecule has 0 unspecified atom stereocenters. The lowest BCUT2D eigenvalue weighted by Gasteiger charge is -2.11. The molecular weight excluding hydrogens is 247 g/mol. The normalized spacial score (nSPS) is 12.3. The Balaban J connectivity index is 2.13. The highest BCUT2D eigenvalue weighted by Gasteiger charge is 2.27. The van der Waals surface area contributed by atoms with Gasteiger partial charge in [-0.2, -0.15) is 0 Å². The van der Waals surface area contributed by atoms with Crippen LogP contribution in [0.2, 0.25) is 0 Å². The lowest BCUT2D eigenvalue weighted by Crippen LogP contribution is -2.31. The van der Waals surface area contributed by atoms with Crippen LogP contribution in [0.15, 0.2) is 54.6 Å². The molecule has 2 N–H and O–H groups in total. The van der Waals surface area contributed by atoms with Crippen LogP contribution in [-0.2, 0) is 6.42 Å². The molecule has 4 rings (SSSR count). The van der Waals surface area contributed by atoms with Crippen LogP contribution in [0.4, 0.5) is 0 Å². The van der Waals surface area contributed by atoms with Crippen LogP contribution in [0.25, 0.3) is 21.9 Å². The predicted molar refractivity (Wildman–Crippen MR) is 82.0 cm³/mol. The summed E-state index contributed by atoms with van der Waals surface area (Å²) in [7, 11) is -1.44. The second-order valence-corrected chi connectivity index (χ2v) is 5.25. The Bertz CT molecular complexity index is 824. The summed E-state index contributed by atoms with van der Waals surface area (Å²) in [6.45, 7) is 0. The third kappa shape index (κ3) is 1.54. The van der Waals surface area contributed by atoms with Crippen LogP contribution in [0.1, 0.15) is 11.1 Å². The standard InChI is InChI=1S/C17H13BO2/c19-18(20)15-7-3-5-12-10-13-9-8-11-4-1-2-6-14(11)16(13)17(12)15/h1-9,19-20H,10H2. The molecule has 0 aliphatic heterocycles. The SMILES string of the molecule is OB(O)c1cccc2c1-c1c(ccc3ccccc13)C2. The topological polar surface area (TPSA) is 40.5 Å². The molecule has 0 spiro atoms. The lowest BCUT2D eigenvalue weighted by molar-refractivity contribution is 0.426. The van der Waals surface area contributed by atoms with Crippen molar-refractivity contribution >= 4 is 23.4 Å². The molecule has 0 bridgehead atoms. The largest absolute Gasteiger partial charge is 0.489 e. The summed E-state index contributed by atoms with van der Waals surface area (Å²) in [6.07, 6.45) is 0.857. The molecular formula is C17H13BO2. The Morgan fingerprint density at radius 2 is 1.55 bits per heavy atom.